The second-order valence-corrected chi connectivity index (χ2v) is 12.8. The van der Waals surface area contributed by atoms with Gasteiger partial charge in [-0.05, 0) is 70.1 Å². The zero-order valence-electron chi connectivity index (χ0n) is 28.2. The molecule has 1 saturated carbocycles. The summed E-state index contributed by atoms with van der Waals surface area (Å²) in [6, 6.07) is 2.31. The van der Waals surface area contributed by atoms with Crippen LogP contribution in [0, 0.1) is 12.7 Å². The molecule has 0 spiro atoms. The fraction of sp³-hybridized carbons (Fsp3) is 0.559. The first-order chi connectivity index (χ1) is 23.9. The van der Waals surface area contributed by atoms with Crippen molar-refractivity contribution in [2.75, 3.05) is 45.9 Å². The predicted molar refractivity (Wildman–Crippen MR) is 176 cm³/mol. The first kappa shape index (κ1) is 36.3. The minimum atomic E-state index is -1.20. The first-order valence-electron chi connectivity index (χ1n) is 17.0. The lowest BCUT2D eigenvalue weighted by atomic mass is 9.93. The molecule has 270 valence electrons. The number of likely N-dealkylation sites (tertiary alicyclic amines) is 1. The van der Waals surface area contributed by atoms with Crippen LogP contribution in [0.25, 0.3) is 10.9 Å². The maximum Gasteiger partial charge on any atom is 0.407 e. The number of halogens is 1. The maximum atomic E-state index is 15.3. The number of hydrogen-bond donors (Lipinski definition) is 3. The van der Waals surface area contributed by atoms with Crippen LogP contribution in [0.5, 0.6) is 5.75 Å². The third-order valence-electron chi connectivity index (χ3n) is 9.29. The lowest BCUT2D eigenvalue weighted by molar-refractivity contribution is -0.143. The second kappa shape index (κ2) is 16.1. The molecular formula is C34H43FN6O9. The molecule has 3 aliphatic rings. The largest absolute Gasteiger partial charge is 0.483 e. The van der Waals surface area contributed by atoms with Crippen LogP contribution in [0.2, 0.25) is 0 Å². The van der Waals surface area contributed by atoms with Crippen molar-refractivity contribution in [1.29, 1.82) is 0 Å². The maximum absolute atomic E-state index is 15.3. The zero-order chi connectivity index (χ0) is 35.9. The average molecular weight is 699 g/mol. The van der Waals surface area contributed by atoms with Crippen LogP contribution in [0.1, 0.15) is 67.9 Å². The number of aromatic nitrogens is 1. The molecule has 2 aliphatic heterocycles. The minimum absolute atomic E-state index is 0.0492. The van der Waals surface area contributed by atoms with Gasteiger partial charge in [0.2, 0.25) is 11.8 Å². The number of ether oxygens (including phenoxy) is 2. The van der Waals surface area contributed by atoms with E-state index in [1.807, 2.05) is 0 Å². The molecule has 5 rings (SSSR count). The Kier molecular flexibility index (Phi) is 11.7. The van der Waals surface area contributed by atoms with Gasteiger partial charge >= 0.3 is 12.1 Å². The first-order valence-corrected chi connectivity index (χ1v) is 17.0. The van der Waals surface area contributed by atoms with Gasteiger partial charge in [0.1, 0.15) is 29.3 Å². The topological polar surface area (TPSA) is 188 Å². The van der Waals surface area contributed by atoms with Gasteiger partial charge in [0.25, 0.3) is 11.8 Å². The van der Waals surface area contributed by atoms with Crippen molar-refractivity contribution in [3.8, 4) is 5.75 Å². The predicted octanol–water partition coefficient (Wildman–Crippen LogP) is 1.98. The molecule has 0 unspecified atom stereocenters. The highest BCUT2D eigenvalue weighted by Gasteiger charge is 2.36. The SMILES string of the molecule is CCOC(=O)CC[C@H](NC(=O)c1cc(OCC(=O)N2CCC[C@H]2C(=O)NC2CCC2)c2c(F)cc(C)cc2n1)C(=O)N1CCN(C(=O)O)CC1. The van der Waals surface area contributed by atoms with Gasteiger partial charge in [0, 0.05) is 51.3 Å². The van der Waals surface area contributed by atoms with Gasteiger partial charge in [-0.15, -0.1) is 0 Å². The highest BCUT2D eigenvalue weighted by atomic mass is 19.1. The number of carboxylic acid groups (broad SMARTS) is 1. The average Bonchev–Trinajstić information content (AvgIpc) is 3.57. The lowest BCUT2D eigenvalue weighted by Gasteiger charge is -2.35. The number of rotatable bonds is 12. The van der Waals surface area contributed by atoms with Crippen molar-refractivity contribution >= 4 is 46.6 Å². The third-order valence-corrected chi connectivity index (χ3v) is 9.29. The van der Waals surface area contributed by atoms with Crippen LogP contribution < -0.4 is 15.4 Å². The molecule has 0 bridgehead atoms. The summed E-state index contributed by atoms with van der Waals surface area (Å²) in [6.07, 6.45) is 2.66. The quantitative estimate of drug-likeness (QED) is 0.277. The van der Waals surface area contributed by atoms with Gasteiger partial charge in [0.05, 0.1) is 17.5 Å². The lowest BCUT2D eigenvalue weighted by Crippen LogP contribution is -2.55. The van der Waals surface area contributed by atoms with Gasteiger partial charge < -0.3 is 39.9 Å². The molecule has 15 nitrogen and oxygen atoms in total. The highest BCUT2D eigenvalue weighted by Crippen LogP contribution is 2.30. The Morgan fingerprint density at radius 2 is 1.72 bits per heavy atom. The smallest absolute Gasteiger partial charge is 0.407 e. The molecule has 50 heavy (non-hydrogen) atoms. The number of hydrogen-bond acceptors (Lipinski definition) is 9. The van der Waals surface area contributed by atoms with E-state index in [0.29, 0.717) is 24.9 Å². The van der Waals surface area contributed by atoms with Crippen molar-refractivity contribution in [1.82, 2.24) is 30.3 Å². The molecule has 1 aliphatic carbocycles. The van der Waals surface area contributed by atoms with E-state index in [-0.39, 0.29) is 79.9 Å². The number of nitrogens with one attached hydrogen (secondary N) is 2. The molecule has 3 N–H and O–H groups in total. The van der Waals surface area contributed by atoms with Crippen LogP contribution >= 0.6 is 0 Å². The molecule has 2 saturated heterocycles. The number of pyridine rings is 1. The Morgan fingerprint density at radius 1 is 1.00 bits per heavy atom. The molecule has 2 aromatic rings. The molecule has 16 heteroatoms. The number of amides is 5. The van der Waals surface area contributed by atoms with Crippen LogP contribution in [0.15, 0.2) is 18.2 Å². The molecule has 2 atom stereocenters. The molecular weight excluding hydrogens is 655 g/mol. The summed E-state index contributed by atoms with van der Waals surface area (Å²) in [6.45, 7) is 3.63. The summed E-state index contributed by atoms with van der Waals surface area (Å²) in [7, 11) is 0. The van der Waals surface area contributed by atoms with Gasteiger partial charge in [0.15, 0.2) is 6.61 Å². The van der Waals surface area contributed by atoms with E-state index in [1.54, 1.807) is 19.9 Å². The van der Waals surface area contributed by atoms with E-state index in [1.165, 1.54) is 26.8 Å². The van der Waals surface area contributed by atoms with E-state index >= 15 is 4.39 Å². The van der Waals surface area contributed by atoms with E-state index in [9.17, 15) is 33.9 Å². The summed E-state index contributed by atoms with van der Waals surface area (Å²) >= 11 is 0. The molecule has 3 fully saturated rings. The fourth-order valence-corrected chi connectivity index (χ4v) is 6.38. The molecule has 5 amide bonds. The Labute approximate surface area is 288 Å². The molecule has 1 aromatic heterocycles. The molecule has 1 aromatic carbocycles. The minimum Gasteiger partial charge on any atom is -0.483 e. The van der Waals surface area contributed by atoms with Crippen molar-refractivity contribution in [2.24, 2.45) is 0 Å². The van der Waals surface area contributed by atoms with Gasteiger partial charge in [-0.1, -0.05) is 0 Å². The van der Waals surface area contributed by atoms with Crippen molar-refractivity contribution in [3.05, 3.63) is 35.3 Å². The van der Waals surface area contributed by atoms with Crippen molar-refractivity contribution in [2.45, 2.75) is 76.9 Å². The van der Waals surface area contributed by atoms with Crippen LogP contribution in [0.3, 0.4) is 0 Å². The van der Waals surface area contributed by atoms with Crippen LogP contribution in [0.4, 0.5) is 9.18 Å². The number of carbonyl (C=O) groups is 6. The second-order valence-electron chi connectivity index (χ2n) is 12.8. The number of esters is 1. The van der Waals surface area contributed by atoms with E-state index in [2.05, 4.69) is 15.6 Å². The number of piperazine rings is 1. The van der Waals surface area contributed by atoms with E-state index in [4.69, 9.17) is 9.47 Å². The number of benzene rings is 1. The van der Waals surface area contributed by atoms with Crippen molar-refractivity contribution in [3.63, 3.8) is 0 Å². The van der Waals surface area contributed by atoms with Crippen molar-refractivity contribution < 1.29 is 47.7 Å². The Bertz CT molecular complexity index is 1640. The number of aryl methyl sites for hydroxylation is 1. The normalized spacial score (nSPS) is 18.3. The standard InChI is InChI=1S/C34H43FN6O9/c1-3-49-29(43)10-9-23(33(46)39-12-14-40(15-13-39)34(47)48)38-31(44)25-18-27(30-22(35)16-20(2)17-24(30)37-25)50-19-28(42)41-11-5-8-26(41)32(45)36-21-6-4-7-21/h16-18,21,23,26H,3-15,19H2,1-2H3,(H,36,45)(H,38,44)(H,47,48)/t23-,26-/m0/s1. The number of nitrogens with zero attached hydrogens (tertiary/aromatic N) is 4. The Morgan fingerprint density at radius 3 is 2.38 bits per heavy atom. The van der Waals surface area contributed by atoms with Crippen LogP contribution in [-0.2, 0) is 23.9 Å². The van der Waals surface area contributed by atoms with E-state index < -0.39 is 54.3 Å². The summed E-state index contributed by atoms with van der Waals surface area (Å²) < 4.78 is 26.2. The Hall–Kier alpha value is -5.02. The summed E-state index contributed by atoms with van der Waals surface area (Å²) in [5.74, 6) is -3.36. The number of carbonyl (C=O) groups excluding carboxylic acids is 5. The summed E-state index contributed by atoms with van der Waals surface area (Å²) in [4.78, 5) is 85.4. The Balaban J connectivity index is 1.34. The van der Waals surface area contributed by atoms with E-state index in [0.717, 1.165) is 19.3 Å². The van der Waals surface area contributed by atoms with Gasteiger partial charge in [-0.3, -0.25) is 24.0 Å². The molecule has 0 radical (unpaired) electrons. The van der Waals surface area contributed by atoms with Crippen LogP contribution in [-0.4, -0.2) is 125 Å². The van der Waals surface area contributed by atoms with Gasteiger partial charge in [-0.25, -0.2) is 14.2 Å². The third kappa shape index (κ3) is 8.58. The number of fused-ring (bicyclic) bond motifs is 1. The van der Waals surface area contributed by atoms with Gasteiger partial charge in [-0.2, -0.15) is 0 Å². The monoisotopic (exact) mass is 698 g/mol. The molecule has 3 heterocycles. The zero-order valence-corrected chi connectivity index (χ0v) is 28.2. The summed E-state index contributed by atoms with van der Waals surface area (Å²) in [5, 5.41) is 14.9. The highest BCUT2D eigenvalue weighted by molar-refractivity contribution is 6.00. The summed E-state index contributed by atoms with van der Waals surface area (Å²) in [5.41, 5.74) is 0.367. The fourth-order valence-electron chi connectivity index (χ4n) is 6.38.